The van der Waals surface area contributed by atoms with E-state index in [9.17, 15) is 13.2 Å². The molecule has 0 radical (unpaired) electrons. The standard InChI is InChI=1S/C23H30F3N7.C7H14/c1-7-33-20(9-11-28-33)16(4)29-14(2)15(3)30-22-12-19(8-10-27-22)17(5)32-13-21(23(24,25)26)31-18(32)6;1-7-5-3-2-4-6-7/h8-12,14,17,21,29,31H,3-4,6-7,13H2,1-2,5H3,(H,27,30);7H,2-6H2,1H3. The fraction of sp³-hybridized carbons (Fsp3) is 0.533. The van der Waals surface area contributed by atoms with Crippen LogP contribution in [-0.4, -0.2) is 44.5 Å². The van der Waals surface area contributed by atoms with E-state index in [1.54, 1.807) is 29.4 Å². The van der Waals surface area contributed by atoms with Crippen LogP contribution < -0.4 is 16.0 Å². The highest BCUT2D eigenvalue weighted by molar-refractivity contribution is 5.59. The van der Waals surface area contributed by atoms with Gasteiger partial charge in [0.1, 0.15) is 11.9 Å². The molecule has 3 heterocycles. The zero-order chi connectivity index (χ0) is 29.4. The molecule has 3 atom stereocenters. The zero-order valence-electron chi connectivity index (χ0n) is 24.2. The first kappa shape index (κ1) is 31.1. The quantitative estimate of drug-likeness (QED) is 0.313. The molecule has 3 N–H and O–H groups in total. The molecule has 0 spiro atoms. The number of nitrogens with zero attached hydrogens (tertiary/aromatic N) is 4. The lowest BCUT2D eigenvalue weighted by Crippen LogP contribution is -2.39. The van der Waals surface area contributed by atoms with Crippen molar-refractivity contribution in [3.8, 4) is 0 Å². The molecule has 7 nitrogen and oxygen atoms in total. The van der Waals surface area contributed by atoms with Crippen LogP contribution in [0.15, 0.2) is 61.8 Å². The van der Waals surface area contributed by atoms with Crippen LogP contribution in [0.2, 0.25) is 0 Å². The predicted octanol–water partition coefficient (Wildman–Crippen LogP) is 6.83. The van der Waals surface area contributed by atoms with Gasteiger partial charge < -0.3 is 20.9 Å². The summed E-state index contributed by atoms with van der Waals surface area (Å²) < 4.78 is 41.1. The minimum Gasteiger partial charge on any atom is -0.376 e. The number of alkyl halides is 3. The highest BCUT2D eigenvalue weighted by Crippen LogP contribution is 2.33. The van der Waals surface area contributed by atoms with E-state index in [0.29, 0.717) is 11.5 Å². The second-order valence-corrected chi connectivity index (χ2v) is 10.8. The van der Waals surface area contributed by atoms with Gasteiger partial charge in [-0.15, -0.1) is 0 Å². The molecular weight excluding hydrogens is 515 g/mol. The summed E-state index contributed by atoms with van der Waals surface area (Å²) in [5.41, 5.74) is 3.09. The van der Waals surface area contributed by atoms with E-state index in [1.807, 2.05) is 31.5 Å². The minimum absolute atomic E-state index is 0.171. The Labute approximate surface area is 236 Å². The molecule has 1 aliphatic carbocycles. The molecule has 2 fully saturated rings. The maximum Gasteiger partial charge on any atom is 0.410 e. The third kappa shape index (κ3) is 8.29. The Morgan fingerprint density at radius 3 is 2.42 bits per heavy atom. The van der Waals surface area contributed by atoms with E-state index >= 15 is 0 Å². The normalized spacial score (nSPS) is 19.2. The van der Waals surface area contributed by atoms with Gasteiger partial charge in [-0.3, -0.25) is 4.68 Å². The molecule has 10 heteroatoms. The molecule has 1 saturated heterocycles. The van der Waals surface area contributed by atoms with E-state index in [-0.39, 0.29) is 24.4 Å². The smallest absolute Gasteiger partial charge is 0.376 e. The van der Waals surface area contributed by atoms with Gasteiger partial charge in [0.25, 0.3) is 0 Å². The summed E-state index contributed by atoms with van der Waals surface area (Å²) in [5.74, 6) is 1.84. The maximum atomic E-state index is 13.1. The first-order chi connectivity index (χ1) is 18.9. The first-order valence-electron chi connectivity index (χ1n) is 14.1. The van der Waals surface area contributed by atoms with Crippen LogP contribution in [0.5, 0.6) is 0 Å². The van der Waals surface area contributed by atoms with Crippen LogP contribution in [0, 0.1) is 5.92 Å². The first-order valence-corrected chi connectivity index (χ1v) is 14.1. The van der Waals surface area contributed by atoms with Crippen molar-refractivity contribution in [1.82, 2.24) is 30.3 Å². The fourth-order valence-electron chi connectivity index (χ4n) is 5.01. The van der Waals surface area contributed by atoms with Crippen LogP contribution >= 0.6 is 0 Å². The lowest BCUT2D eigenvalue weighted by atomic mass is 9.91. The Morgan fingerprint density at radius 2 is 1.85 bits per heavy atom. The number of rotatable bonds is 9. The number of aromatic nitrogens is 3. The van der Waals surface area contributed by atoms with E-state index < -0.39 is 12.2 Å². The van der Waals surface area contributed by atoms with Gasteiger partial charge in [0.05, 0.1) is 29.3 Å². The summed E-state index contributed by atoms with van der Waals surface area (Å²) >= 11 is 0. The molecule has 4 rings (SSSR count). The monoisotopic (exact) mass is 559 g/mol. The molecule has 0 aromatic carbocycles. The summed E-state index contributed by atoms with van der Waals surface area (Å²) in [5, 5.41) is 13.2. The predicted molar refractivity (Wildman–Crippen MR) is 156 cm³/mol. The third-order valence-corrected chi connectivity index (χ3v) is 7.62. The number of pyridine rings is 1. The lowest BCUT2D eigenvalue weighted by Gasteiger charge is -2.27. The van der Waals surface area contributed by atoms with Crippen LogP contribution in [0.4, 0.5) is 19.0 Å². The molecule has 3 unspecified atom stereocenters. The number of anilines is 1. The fourth-order valence-corrected chi connectivity index (χ4v) is 5.01. The van der Waals surface area contributed by atoms with Gasteiger partial charge in [0.2, 0.25) is 0 Å². The van der Waals surface area contributed by atoms with Gasteiger partial charge in [0.15, 0.2) is 0 Å². The summed E-state index contributed by atoms with van der Waals surface area (Å²) in [6, 6.07) is 3.35. The van der Waals surface area contributed by atoms with Crippen molar-refractivity contribution in [2.75, 3.05) is 11.9 Å². The van der Waals surface area contributed by atoms with Crippen LogP contribution in [0.3, 0.4) is 0 Å². The molecule has 1 saturated carbocycles. The van der Waals surface area contributed by atoms with Gasteiger partial charge in [-0.05, 0) is 50.5 Å². The number of hydrogen-bond donors (Lipinski definition) is 3. The van der Waals surface area contributed by atoms with E-state index in [2.05, 4.69) is 52.7 Å². The van der Waals surface area contributed by atoms with Crippen molar-refractivity contribution >= 4 is 11.5 Å². The lowest BCUT2D eigenvalue weighted by molar-refractivity contribution is -0.150. The zero-order valence-corrected chi connectivity index (χ0v) is 24.2. The SMILES string of the molecule is C=C(NC(C)C(=C)Nc1cc(C(C)N2CC(C(F)(F)F)NC2=C)ccn1)c1ccnn1CC.CC1CCCCC1. The Bertz CT molecular complexity index is 1150. The molecule has 2 aliphatic rings. The van der Waals surface area contributed by atoms with Gasteiger partial charge in [0, 0.05) is 31.2 Å². The average Bonchev–Trinajstić information content (AvgIpc) is 3.56. The molecular formula is C30H44F3N7. The van der Waals surface area contributed by atoms with E-state index in [4.69, 9.17) is 0 Å². The summed E-state index contributed by atoms with van der Waals surface area (Å²) in [6.45, 7) is 20.6. The van der Waals surface area contributed by atoms with Gasteiger partial charge in [-0.25, -0.2) is 4.98 Å². The largest absolute Gasteiger partial charge is 0.410 e. The highest BCUT2D eigenvalue weighted by atomic mass is 19.4. The maximum absolute atomic E-state index is 13.1. The van der Waals surface area contributed by atoms with Crippen molar-refractivity contribution in [3.63, 3.8) is 0 Å². The molecule has 1 aliphatic heterocycles. The van der Waals surface area contributed by atoms with Gasteiger partial charge in [-0.2, -0.15) is 18.3 Å². The summed E-state index contributed by atoms with van der Waals surface area (Å²) in [6.07, 6.45) is 6.45. The molecule has 2 aromatic heterocycles. The van der Waals surface area contributed by atoms with Crippen molar-refractivity contribution in [2.24, 2.45) is 5.92 Å². The molecule has 40 heavy (non-hydrogen) atoms. The van der Waals surface area contributed by atoms with Crippen molar-refractivity contribution < 1.29 is 13.2 Å². The van der Waals surface area contributed by atoms with Crippen molar-refractivity contribution in [2.45, 2.75) is 90.6 Å². The van der Waals surface area contributed by atoms with Crippen LogP contribution in [0.1, 0.15) is 77.1 Å². The Hall–Kier alpha value is -3.43. The van der Waals surface area contributed by atoms with Crippen molar-refractivity contribution in [3.05, 3.63) is 73.1 Å². The second-order valence-electron chi connectivity index (χ2n) is 10.8. The Morgan fingerprint density at radius 1 is 1.15 bits per heavy atom. The van der Waals surface area contributed by atoms with Gasteiger partial charge in [-0.1, -0.05) is 58.8 Å². The Balaban J connectivity index is 0.000000547. The van der Waals surface area contributed by atoms with Crippen LogP contribution in [-0.2, 0) is 6.54 Å². The van der Waals surface area contributed by atoms with Crippen molar-refractivity contribution in [1.29, 1.82) is 0 Å². The third-order valence-electron chi connectivity index (χ3n) is 7.62. The molecule has 0 amide bonds. The number of aryl methyl sites for hydroxylation is 1. The minimum atomic E-state index is -4.33. The molecule has 220 valence electrons. The van der Waals surface area contributed by atoms with Gasteiger partial charge >= 0.3 is 6.18 Å². The van der Waals surface area contributed by atoms with Crippen LogP contribution in [0.25, 0.3) is 5.70 Å². The summed E-state index contributed by atoms with van der Waals surface area (Å²) in [7, 11) is 0. The Kier molecular flexibility index (Phi) is 10.7. The van der Waals surface area contributed by atoms with E-state index in [0.717, 1.165) is 29.4 Å². The molecule has 0 bridgehead atoms. The number of nitrogens with one attached hydrogen (secondary N) is 3. The van der Waals surface area contributed by atoms with E-state index in [1.165, 1.54) is 32.1 Å². The topological polar surface area (TPSA) is 70.0 Å². The average molecular weight is 560 g/mol. The summed E-state index contributed by atoms with van der Waals surface area (Å²) in [4.78, 5) is 5.94. The highest BCUT2D eigenvalue weighted by Gasteiger charge is 2.45. The molecule has 2 aromatic rings. The number of halogens is 3. The number of hydrogen-bond acceptors (Lipinski definition) is 6. The second kappa shape index (κ2) is 13.8.